The van der Waals surface area contributed by atoms with Crippen LogP contribution < -0.4 is 9.64 Å². The van der Waals surface area contributed by atoms with Crippen molar-refractivity contribution in [3.05, 3.63) is 63.6 Å². The van der Waals surface area contributed by atoms with E-state index in [0.29, 0.717) is 4.91 Å². The Morgan fingerprint density at radius 3 is 2.82 bits per heavy atom. The van der Waals surface area contributed by atoms with Gasteiger partial charge in [-0.3, -0.25) is 14.7 Å². The van der Waals surface area contributed by atoms with Gasteiger partial charge in [0.25, 0.3) is 5.91 Å². The number of benzene rings is 2. The molecule has 144 valence electrons. The summed E-state index contributed by atoms with van der Waals surface area (Å²) < 4.78 is 5.58. The van der Waals surface area contributed by atoms with Crippen LogP contribution in [0, 0.1) is 13.8 Å². The van der Waals surface area contributed by atoms with Crippen LogP contribution in [0.4, 0.5) is 5.69 Å². The monoisotopic (exact) mass is 392 g/mol. The molecule has 0 atom stereocenters. The minimum atomic E-state index is -0.0187. The number of thioether (sulfide) groups is 1. The molecular formula is C23H24N2O2S. The number of hydrogen-bond acceptors (Lipinski definition) is 4. The molecule has 0 aromatic heterocycles. The van der Waals surface area contributed by atoms with Gasteiger partial charge in [-0.25, -0.2) is 0 Å². The molecule has 1 saturated heterocycles. The third-order valence-electron chi connectivity index (χ3n) is 5.00. The van der Waals surface area contributed by atoms with Crippen molar-refractivity contribution in [2.45, 2.75) is 40.2 Å². The van der Waals surface area contributed by atoms with Crippen LogP contribution in [-0.2, 0) is 11.2 Å². The fourth-order valence-electron chi connectivity index (χ4n) is 3.42. The summed E-state index contributed by atoms with van der Waals surface area (Å²) in [5, 5.41) is 0.740. The topological polar surface area (TPSA) is 41.9 Å². The van der Waals surface area contributed by atoms with Crippen molar-refractivity contribution < 1.29 is 9.53 Å². The van der Waals surface area contributed by atoms with Crippen molar-refractivity contribution in [3.63, 3.8) is 0 Å². The maximum Gasteiger partial charge on any atom is 0.271 e. The van der Waals surface area contributed by atoms with Crippen LogP contribution in [0.25, 0.3) is 6.08 Å². The van der Waals surface area contributed by atoms with Gasteiger partial charge >= 0.3 is 0 Å². The van der Waals surface area contributed by atoms with E-state index in [2.05, 4.69) is 26.0 Å². The van der Waals surface area contributed by atoms with Crippen LogP contribution >= 0.6 is 11.8 Å². The molecule has 0 N–H and O–H groups in total. The second-order valence-electron chi connectivity index (χ2n) is 7.44. The molecular weight excluding hydrogens is 368 g/mol. The standard InChI is InChI=1S/C23H24N2O2S/c1-14(2)24-23-25(19-7-5-6-15(3)16(19)4)22(26)21(28-23)13-17-8-9-20-18(12-17)10-11-27-20/h5-9,12-14H,10-11H2,1-4H3/b21-13-,24-23-. The van der Waals surface area contributed by atoms with Gasteiger partial charge in [-0.2, -0.15) is 0 Å². The number of nitrogens with zero attached hydrogens (tertiary/aromatic N) is 2. The maximum absolute atomic E-state index is 13.3. The molecule has 0 bridgehead atoms. The summed E-state index contributed by atoms with van der Waals surface area (Å²) in [6.45, 7) is 8.91. The average Bonchev–Trinajstić information content (AvgIpc) is 3.22. The van der Waals surface area contributed by atoms with E-state index in [9.17, 15) is 4.79 Å². The quantitative estimate of drug-likeness (QED) is 0.681. The molecule has 28 heavy (non-hydrogen) atoms. The molecule has 1 fully saturated rings. The summed E-state index contributed by atoms with van der Waals surface area (Å²) in [6.07, 6.45) is 2.88. The molecule has 4 nitrogen and oxygen atoms in total. The summed E-state index contributed by atoms with van der Waals surface area (Å²) >= 11 is 1.45. The van der Waals surface area contributed by atoms with Crippen molar-refractivity contribution in [2.24, 2.45) is 4.99 Å². The first kappa shape index (κ1) is 18.8. The lowest BCUT2D eigenvalue weighted by Crippen LogP contribution is -2.30. The SMILES string of the molecule is Cc1cccc(N2C(=O)/C(=C/c3ccc4c(c3)CCO4)S/C2=N\C(C)C)c1C. The van der Waals surface area contributed by atoms with Gasteiger partial charge in [-0.15, -0.1) is 0 Å². The van der Waals surface area contributed by atoms with E-state index >= 15 is 0 Å². The molecule has 2 aliphatic rings. The predicted octanol–water partition coefficient (Wildman–Crippen LogP) is 5.12. The molecule has 0 saturated carbocycles. The van der Waals surface area contributed by atoms with Crippen LogP contribution in [0.3, 0.4) is 0 Å². The normalized spacial score (nSPS) is 19.0. The van der Waals surface area contributed by atoms with Crippen LogP contribution in [0.1, 0.15) is 36.1 Å². The molecule has 0 unspecified atom stereocenters. The zero-order valence-electron chi connectivity index (χ0n) is 16.7. The second kappa shape index (κ2) is 7.47. The number of anilines is 1. The summed E-state index contributed by atoms with van der Waals surface area (Å²) in [6, 6.07) is 12.3. The minimum Gasteiger partial charge on any atom is -0.493 e. The van der Waals surface area contributed by atoms with E-state index in [1.54, 1.807) is 4.90 Å². The molecule has 2 heterocycles. The Bertz CT molecular complexity index is 1010. The Hall–Kier alpha value is -2.53. The number of rotatable bonds is 3. The highest BCUT2D eigenvalue weighted by atomic mass is 32.2. The molecule has 1 amide bonds. The number of carbonyl (C=O) groups is 1. The van der Waals surface area contributed by atoms with Gasteiger partial charge in [0.2, 0.25) is 0 Å². The zero-order chi connectivity index (χ0) is 19.8. The Balaban J connectivity index is 1.75. The molecule has 2 aliphatic heterocycles. The summed E-state index contributed by atoms with van der Waals surface area (Å²) in [7, 11) is 0. The number of aryl methyl sites for hydroxylation is 1. The Labute approximate surface area is 170 Å². The summed E-state index contributed by atoms with van der Waals surface area (Å²) in [5.41, 5.74) is 5.39. The van der Waals surface area contributed by atoms with Gasteiger partial charge in [0, 0.05) is 12.5 Å². The lowest BCUT2D eigenvalue weighted by molar-refractivity contribution is -0.113. The number of aliphatic imine (C=N–C) groups is 1. The van der Waals surface area contributed by atoms with E-state index in [4.69, 9.17) is 9.73 Å². The highest BCUT2D eigenvalue weighted by Gasteiger charge is 2.35. The van der Waals surface area contributed by atoms with Gasteiger partial charge < -0.3 is 4.74 Å². The molecule has 0 aliphatic carbocycles. The lowest BCUT2D eigenvalue weighted by atomic mass is 10.1. The first-order chi connectivity index (χ1) is 13.4. The van der Waals surface area contributed by atoms with Gasteiger partial charge in [-0.05, 0) is 86.0 Å². The number of carbonyl (C=O) groups excluding carboxylic acids is 1. The second-order valence-corrected chi connectivity index (χ2v) is 8.45. The van der Waals surface area contributed by atoms with Crippen LogP contribution in [-0.4, -0.2) is 23.7 Å². The van der Waals surface area contributed by atoms with Crippen molar-refractivity contribution in [2.75, 3.05) is 11.5 Å². The van der Waals surface area contributed by atoms with Crippen molar-refractivity contribution >= 4 is 34.6 Å². The Kier molecular flexibility index (Phi) is 5.02. The third-order valence-corrected chi connectivity index (χ3v) is 5.99. The van der Waals surface area contributed by atoms with Crippen LogP contribution in [0.5, 0.6) is 5.75 Å². The van der Waals surface area contributed by atoms with Crippen molar-refractivity contribution in [1.29, 1.82) is 0 Å². The molecule has 0 spiro atoms. The first-order valence-electron chi connectivity index (χ1n) is 9.58. The van der Waals surface area contributed by atoms with Crippen LogP contribution in [0.2, 0.25) is 0 Å². The Morgan fingerprint density at radius 1 is 1.21 bits per heavy atom. The van der Waals surface area contributed by atoms with Crippen molar-refractivity contribution in [1.82, 2.24) is 0 Å². The number of amidine groups is 1. The predicted molar refractivity (Wildman–Crippen MR) is 117 cm³/mol. The lowest BCUT2D eigenvalue weighted by Gasteiger charge is -2.19. The summed E-state index contributed by atoms with van der Waals surface area (Å²) in [5.74, 6) is 0.932. The third kappa shape index (κ3) is 3.47. The number of amides is 1. The molecule has 0 radical (unpaired) electrons. The van der Waals surface area contributed by atoms with Gasteiger partial charge in [0.05, 0.1) is 17.2 Å². The fraction of sp³-hybridized carbons (Fsp3) is 0.304. The number of fused-ring (bicyclic) bond motifs is 1. The van der Waals surface area contributed by atoms with E-state index in [1.807, 2.05) is 44.2 Å². The van der Waals surface area contributed by atoms with E-state index in [-0.39, 0.29) is 11.9 Å². The highest BCUT2D eigenvalue weighted by Crippen LogP contribution is 2.38. The minimum absolute atomic E-state index is 0.0187. The zero-order valence-corrected chi connectivity index (χ0v) is 17.5. The molecule has 5 heteroatoms. The highest BCUT2D eigenvalue weighted by molar-refractivity contribution is 8.19. The molecule has 2 aromatic carbocycles. The molecule has 4 rings (SSSR count). The van der Waals surface area contributed by atoms with E-state index in [0.717, 1.165) is 46.3 Å². The largest absolute Gasteiger partial charge is 0.493 e. The maximum atomic E-state index is 13.3. The molecule has 2 aromatic rings. The summed E-state index contributed by atoms with van der Waals surface area (Å²) in [4.78, 5) is 20.5. The average molecular weight is 393 g/mol. The number of hydrogen-bond donors (Lipinski definition) is 0. The number of ether oxygens (including phenoxy) is 1. The van der Waals surface area contributed by atoms with E-state index in [1.165, 1.54) is 17.3 Å². The Morgan fingerprint density at radius 2 is 2.04 bits per heavy atom. The van der Waals surface area contributed by atoms with Crippen molar-refractivity contribution in [3.8, 4) is 5.75 Å². The fourth-order valence-corrected chi connectivity index (χ4v) is 4.53. The first-order valence-corrected chi connectivity index (χ1v) is 10.4. The van der Waals surface area contributed by atoms with Gasteiger partial charge in [0.15, 0.2) is 5.17 Å². The van der Waals surface area contributed by atoms with Crippen LogP contribution in [0.15, 0.2) is 46.3 Å². The van der Waals surface area contributed by atoms with Gasteiger partial charge in [0.1, 0.15) is 5.75 Å². The van der Waals surface area contributed by atoms with Gasteiger partial charge in [-0.1, -0.05) is 18.2 Å². The van der Waals surface area contributed by atoms with E-state index < -0.39 is 0 Å². The smallest absolute Gasteiger partial charge is 0.271 e.